The molecule has 0 spiro atoms. The van der Waals surface area contributed by atoms with Crippen molar-refractivity contribution in [1.29, 1.82) is 0 Å². The first-order valence-electron chi connectivity index (χ1n) is 6.15. The van der Waals surface area contributed by atoms with Gasteiger partial charge in [0.25, 0.3) is 0 Å². The van der Waals surface area contributed by atoms with Gasteiger partial charge in [0, 0.05) is 25.0 Å². The molecule has 0 saturated carbocycles. The lowest BCUT2D eigenvalue weighted by Gasteiger charge is -2.28. The van der Waals surface area contributed by atoms with Gasteiger partial charge < -0.3 is 15.2 Å². The summed E-state index contributed by atoms with van der Waals surface area (Å²) in [4.78, 5) is 22.1. The molecule has 17 heavy (non-hydrogen) atoms. The van der Waals surface area contributed by atoms with Gasteiger partial charge in [-0.3, -0.25) is 4.79 Å². The van der Waals surface area contributed by atoms with Crippen LogP contribution in [-0.2, 0) is 14.3 Å². The van der Waals surface area contributed by atoms with Gasteiger partial charge >= 0.3 is 5.97 Å². The van der Waals surface area contributed by atoms with Crippen LogP contribution in [0.1, 0.15) is 40.5 Å². The number of ether oxygens (including phenoxy) is 1. The van der Waals surface area contributed by atoms with Gasteiger partial charge in [0.05, 0.1) is 0 Å². The molecule has 0 aliphatic carbocycles. The Balaban J connectivity index is 0.00000121. The number of carbonyl (C=O) groups is 2. The van der Waals surface area contributed by atoms with E-state index in [0.29, 0.717) is 19.4 Å². The lowest BCUT2D eigenvalue weighted by molar-refractivity contribution is -0.154. The normalized spacial score (nSPS) is 23.6. The van der Waals surface area contributed by atoms with Crippen LogP contribution in [0.2, 0.25) is 0 Å². The van der Waals surface area contributed by atoms with Gasteiger partial charge in [-0.25, -0.2) is 4.79 Å². The molecule has 1 fully saturated rings. The van der Waals surface area contributed by atoms with Crippen molar-refractivity contribution < 1.29 is 19.4 Å². The smallest absolute Gasteiger partial charge is 0.332 e. The number of hydrogen-bond acceptors (Lipinski definition) is 3. The summed E-state index contributed by atoms with van der Waals surface area (Å²) in [6.07, 6.45) is 0.256. The van der Waals surface area contributed by atoms with Crippen LogP contribution in [0.3, 0.4) is 0 Å². The SMILES string of the molecule is CC.CC(C)C(=O)NC1CCOC(C(=O)O)C1. The minimum atomic E-state index is -0.960. The molecule has 0 radical (unpaired) electrons. The molecule has 1 rings (SSSR count). The van der Waals surface area contributed by atoms with Crippen molar-refractivity contribution in [2.24, 2.45) is 5.92 Å². The highest BCUT2D eigenvalue weighted by molar-refractivity contribution is 5.78. The van der Waals surface area contributed by atoms with Crippen molar-refractivity contribution in [2.75, 3.05) is 6.61 Å². The molecule has 1 saturated heterocycles. The van der Waals surface area contributed by atoms with E-state index in [0.717, 1.165) is 0 Å². The first-order chi connectivity index (χ1) is 8.00. The molecule has 0 aromatic rings. The van der Waals surface area contributed by atoms with Crippen LogP contribution in [0.4, 0.5) is 0 Å². The Morgan fingerprint density at radius 2 is 1.94 bits per heavy atom. The summed E-state index contributed by atoms with van der Waals surface area (Å²) in [7, 11) is 0. The predicted octanol–water partition coefficient (Wildman–Crippen LogP) is 1.42. The molecule has 100 valence electrons. The minimum absolute atomic E-state index is 0.0361. The fourth-order valence-electron chi connectivity index (χ4n) is 1.47. The Hall–Kier alpha value is -1.10. The number of carboxylic acid groups (broad SMARTS) is 1. The molecule has 0 aromatic carbocycles. The lowest BCUT2D eigenvalue weighted by atomic mass is 10.0. The summed E-state index contributed by atoms with van der Waals surface area (Å²) < 4.78 is 5.06. The van der Waals surface area contributed by atoms with Gasteiger partial charge in [-0.2, -0.15) is 0 Å². The van der Waals surface area contributed by atoms with Crippen LogP contribution in [0, 0.1) is 5.92 Å². The van der Waals surface area contributed by atoms with Crippen LogP contribution in [-0.4, -0.2) is 35.7 Å². The standard InChI is InChI=1S/C10H17NO4.C2H6/c1-6(2)9(12)11-7-3-4-15-8(5-7)10(13)14;1-2/h6-8H,3-5H2,1-2H3,(H,11,12)(H,13,14);1-2H3. The summed E-state index contributed by atoms with van der Waals surface area (Å²) in [6, 6.07) is -0.0743. The van der Waals surface area contributed by atoms with Crippen molar-refractivity contribution in [2.45, 2.75) is 52.7 Å². The topological polar surface area (TPSA) is 75.6 Å². The van der Waals surface area contributed by atoms with Crippen molar-refractivity contribution in [3.63, 3.8) is 0 Å². The zero-order valence-corrected chi connectivity index (χ0v) is 11.0. The maximum atomic E-state index is 11.4. The van der Waals surface area contributed by atoms with Crippen LogP contribution in [0.25, 0.3) is 0 Å². The molecule has 0 bridgehead atoms. The number of aliphatic carboxylic acids is 1. The largest absolute Gasteiger partial charge is 0.479 e. The zero-order chi connectivity index (χ0) is 13.4. The van der Waals surface area contributed by atoms with E-state index in [4.69, 9.17) is 9.84 Å². The lowest BCUT2D eigenvalue weighted by Crippen LogP contribution is -2.45. The molecule has 1 aliphatic rings. The van der Waals surface area contributed by atoms with Crippen molar-refractivity contribution in [1.82, 2.24) is 5.32 Å². The Kier molecular flexibility index (Phi) is 7.54. The predicted molar refractivity (Wildman–Crippen MR) is 64.7 cm³/mol. The summed E-state index contributed by atoms with van der Waals surface area (Å²) in [5.74, 6) is -1.07. The van der Waals surface area contributed by atoms with E-state index in [9.17, 15) is 9.59 Å². The molecule has 0 aromatic heterocycles. The summed E-state index contributed by atoms with van der Waals surface area (Å²) in [6.45, 7) is 8.01. The fraction of sp³-hybridized carbons (Fsp3) is 0.833. The minimum Gasteiger partial charge on any atom is -0.479 e. The summed E-state index contributed by atoms with van der Waals surface area (Å²) in [5.41, 5.74) is 0. The Labute approximate surface area is 103 Å². The van der Waals surface area contributed by atoms with E-state index in [-0.39, 0.29) is 17.9 Å². The third-order valence-corrected chi connectivity index (χ3v) is 2.43. The third-order valence-electron chi connectivity index (χ3n) is 2.43. The molecule has 5 heteroatoms. The van der Waals surface area contributed by atoms with Gasteiger partial charge in [0.15, 0.2) is 6.10 Å². The van der Waals surface area contributed by atoms with Crippen LogP contribution < -0.4 is 5.32 Å². The molecular weight excluding hydrogens is 222 g/mol. The molecular formula is C12H23NO4. The third kappa shape index (κ3) is 5.68. The zero-order valence-electron chi connectivity index (χ0n) is 11.0. The fourth-order valence-corrected chi connectivity index (χ4v) is 1.47. The van der Waals surface area contributed by atoms with E-state index >= 15 is 0 Å². The maximum absolute atomic E-state index is 11.4. The molecule has 1 amide bonds. The second-order valence-corrected chi connectivity index (χ2v) is 4.08. The van der Waals surface area contributed by atoms with E-state index in [1.807, 2.05) is 27.7 Å². The van der Waals surface area contributed by atoms with E-state index in [1.54, 1.807) is 0 Å². The number of amides is 1. The molecule has 2 atom stereocenters. The molecule has 2 unspecified atom stereocenters. The van der Waals surface area contributed by atoms with Crippen LogP contribution >= 0.6 is 0 Å². The average Bonchev–Trinajstić information content (AvgIpc) is 2.31. The summed E-state index contributed by atoms with van der Waals surface area (Å²) >= 11 is 0. The Bertz CT molecular complexity index is 253. The highest BCUT2D eigenvalue weighted by atomic mass is 16.5. The van der Waals surface area contributed by atoms with E-state index < -0.39 is 12.1 Å². The van der Waals surface area contributed by atoms with E-state index in [1.165, 1.54) is 0 Å². The first kappa shape index (κ1) is 15.9. The molecule has 1 heterocycles. The van der Waals surface area contributed by atoms with E-state index in [2.05, 4.69) is 5.32 Å². The van der Waals surface area contributed by atoms with Gasteiger partial charge in [-0.15, -0.1) is 0 Å². The van der Waals surface area contributed by atoms with Gasteiger partial charge in [0.2, 0.25) is 5.91 Å². The van der Waals surface area contributed by atoms with Crippen molar-refractivity contribution in [3.05, 3.63) is 0 Å². The van der Waals surface area contributed by atoms with Gasteiger partial charge in [-0.05, 0) is 6.42 Å². The molecule has 1 aliphatic heterocycles. The van der Waals surface area contributed by atoms with Crippen molar-refractivity contribution >= 4 is 11.9 Å². The van der Waals surface area contributed by atoms with Gasteiger partial charge in [-0.1, -0.05) is 27.7 Å². The Morgan fingerprint density at radius 3 is 2.41 bits per heavy atom. The number of carboxylic acids is 1. The highest BCUT2D eigenvalue weighted by Crippen LogP contribution is 2.14. The number of rotatable bonds is 3. The quantitative estimate of drug-likeness (QED) is 0.788. The van der Waals surface area contributed by atoms with Crippen LogP contribution in [0.15, 0.2) is 0 Å². The second-order valence-electron chi connectivity index (χ2n) is 4.08. The highest BCUT2D eigenvalue weighted by Gasteiger charge is 2.28. The number of carbonyl (C=O) groups excluding carboxylic acids is 1. The van der Waals surface area contributed by atoms with Crippen LogP contribution in [0.5, 0.6) is 0 Å². The van der Waals surface area contributed by atoms with Gasteiger partial charge in [0.1, 0.15) is 0 Å². The average molecular weight is 245 g/mol. The Morgan fingerprint density at radius 1 is 1.35 bits per heavy atom. The first-order valence-corrected chi connectivity index (χ1v) is 6.15. The van der Waals surface area contributed by atoms with Crippen molar-refractivity contribution in [3.8, 4) is 0 Å². The maximum Gasteiger partial charge on any atom is 0.332 e. The summed E-state index contributed by atoms with van der Waals surface area (Å²) in [5, 5.41) is 11.6. The number of hydrogen-bond donors (Lipinski definition) is 2. The number of nitrogens with one attached hydrogen (secondary N) is 1. The second kappa shape index (κ2) is 8.06. The molecule has 2 N–H and O–H groups in total. The molecule has 5 nitrogen and oxygen atoms in total. The monoisotopic (exact) mass is 245 g/mol.